The van der Waals surface area contributed by atoms with Gasteiger partial charge in [0, 0.05) is 11.6 Å². The molecule has 0 heterocycles. The summed E-state index contributed by atoms with van der Waals surface area (Å²) in [4.78, 5) is 0. The second kappa shape index (κ2) is 5.68. The highest BCUT2D eigenvalue weighted by atomic mass is 16.5. The molecule has 0 aliphatic heterocycles. The topological polar surface area (TPSA) is 21.3 Å². The Morgan fingerprint density at radius 2 is 2.00 bits per heavy atom. The van der Waals surface area contributed by atoms with Crippen molar-refractivity contribution in [3.05, 3.63) is 53.6 Å². The third-order valence-corrected chi connectivity index (χ3v) is 4.23. The number of para-hydroxylation sites is 1. The molecule has 1 aliphatic rings. The first-order valence-corrected chi connectivity index (χ1v) is 7.27. The molecule has 0 fully saturated rings. The molecule has 1 atom stereocenters. The Morgan fingerprint density at radius 3 is 2.80 bits per heavy atom. The number of aryl methyl sites for hydroxylation is 1. The van der Waals surface area contributed by atoms with E-state index in [1.54, 1.807) is 7.11 Å². The third kappa shape index (κ3) is 2.32. The van der Waals surface area contributed by atoms with Gasteiger partial charge < -0.3 is 10.1 Å². The van der Waals surface area contributed by atoms with Crippen LogP contribution in [0.4, 0.5) is 0 Å². The number of rotatable bonds is 3. The van der Waals surface area contributed by atoms with E-state index < -0.39 is 0 Å². The first-order chi connectivity index (χ1) is 9.83. The van der Waals surface area contributed by atoms with E-state index in [9.17, 15) is 0 Å². The van der Waals surface area contributed by atoms with Gasteiger partial charge in [-0.15, -0.1) is 0 Å². The lowest BCUT2D eigenvalue weighted by Crippen LogP contribution is -2.21. The molecule has 20 heavy (non-hydrogen) atoms. The molecule has 0 amide bonds. The van der Waals surface area contributed by atoms with Crippen LogP contribution in [0.15, 0.2) is 42.5 Å². The highest BCUT2D eigenvalue weighted by Gasteiger charge is 2.19. The van der Waals surface area contributed by atoms with E-state index in [4.69, 9.17) is 4.74 Å². The van der Waals surface area contributed by atoms with Gasteiger partial charge in [0.25, 0.3) is 0 Å². The van der Waals surface area contributed by atoms with Gasteiger partial charge >= 0.3 is 0 Å². The summed E-state index contributed by atoms with van der Waals surface area (Å²) in [6.07, 6.45) is 3.69. The Hall–Kier alpha value is -1.80. The molecule has 0 spiro atoms. The van der Waals surface area contributed by atoms with Gasteiger partial charge in [-0.2, -0.15) is 0 Å². The lowest BCUT2D eigenvalue weighted by Gasteiger charge is -2.26. The highest BCUT2D eigenvalue weighted by Crippen LogP contribution is 2.35. The standard InChI is InChI=1S/C18H21NO/c1-19-17-8-5-6-13-10-11-14(12-16(13)17)15-7-3-4-9-18(15)20-2/h3-4,7,9-12,17,19H,5-6,8H2,1-2H3. The van der Waals surface area contributed by atoms with Crippen LogP contribution >= 0.6 is 0 Å². The molecule has 2 aromatic carbocycles. The van der Waals surface area contributed by atoms with Gasteiger partial charge in [0.05, 0.1) is 7.11 Å². The number of hydrogen-bond donors (Lipinski definition) is 1. The van der Waals surface area contributed by atoms with E-state index in [1.807, 2.05) is 12.1 Å². The quantitative estimate of drug-likeness (QED) is 0.909. The molecule has 1 N–H and O–H groups in total. The van der Waals surface area contributed by atoms with Crippen molar-refractivity contribution in [2.75, 3.05) is 14.2 Å². The Labute approximate surface area is 120 Å². The van der Waals surface area contributed by atoms with Crippen molar-refractivity contribution in [3.8, 4) is 16.9 Å². The zero-order valence-corrected chi connectivity index (χ0v) is 12.1. The molecule has 1 unspecified atom stereocenters. The number of methoxy groups -OCH3 is 1. The first-order valence-electron chi connectivity index (χ1n) is 7.27. The molecule has 104 valence electrons. The minimum absolute atomic E-state index is 0.480. The summed E-state index contributed by atoms with van der Waals surface area (Å²) in [5.74, 6) is 0.935. The maximum atomic E-state index is 5.48. The van der Waals surface area contributed by atoms with Crippen molar-refractivity contribution < 1.29 is 4.74 Å². The van der Waals surface area contributed by atoms with Gasteiger partial charge in [0.2, 0.25) is 0 Å². The van der Waals surface area contributed by atoms with E-state index in [2.05, 4.69) is 42.7 Å². The van der Waals surface area contributed by atoms with Crippen molar-refractivity contribution in [2.45, 2.75) is 25.3 Å². The molecule has 0 bridgehead atoms. The highest BCUT2D eigenvalue weighted by molar-refractivity contribution is 5.71. The van der Waals surface area contributed by atoms with Gasteiger partial charge in [-0.05, 0) is 55.1 Å². The third-order valence-electron chi connectivity index (χ3n) is 4.23. The molecular weight excluding hydrogens is 246 g/mol. The van der Waals surface area contributed by atoms with Crippen LogP contribution in [0, 0.1) is 0 Å². The molecule has 2 heteroatoms. The smallest absolute Gasteiger partial charge is 0.126 e. The SMILES string of the molecule is CNC1CCCc2ccc(-c3ccccc3OC)cc21. The van der Waals surface area contributed by atoms with Gasteiger partial charge in [-0.25, -0.2) is 0 Å². The van der Waals surface area contributed by atoms with Crippen molar-refractivity contribution in [3.63, 3.8) is 0 Å². The lowest BCUT2D eigenvalue weighted by atomic mass is 9.85. The predicted molar refractivity (Wildman–Crippen MR) is 83.2 cm³/mol. The van der Waals surface area contributed by atoms with E-state index >= 15 is 0 Å². The van der Waals surface area contributed by atoms with Gasteiger partial charge in [-0.3, -0.25) is 0 Å². The molecule has 1 aliphatic carbocycles. The van der Waals surface area contributed by atoms with Crippen LogP contribution in [0.3, 0.4) is 0 Å². The monoisotopic (exact) mass is 267 g/mol. The summed E-state index contributed by atoms with van der Waals surface area (Å²) in [7, 11) is 3.78. The second-order valence-corrected chi connectivity index (χ2v) is 5.35. The average molecular weight is 267 g/mol. The van der Waals surface area contributed by atoms with E-state index in [1.165, 1.54) is 41.5 Å². The van der Waals surface area contributed by atoms with Gasteiger partial charge in [0.15, 0.2) is 0 Å². The maximum absolute atomic E-state index is 5.48. The fraction of sp³-hybridized carbons (Fsp3) is 0.333. The van der Waals surface area contributed by atoms with E-state index in [0.717, 1.165) is 5.75 Å². The van der Waals surface area contributed by atoms with Crippen molar-refractivity contribution in [2.24, 2.45) is 0 Å². The Balaban J connectivity index is 2.07. The minimum atomic E-state index is 0.480. The van der Waals surface area contributed by atoms with Crippen LogP contribution in [-0.2, 0) is 6.42 Å². The van der Waals surface area contributed by atoms with Crippen molar-refractivity contribution >= 4 is 0 Å². The van der Waals surface area contributed by atoms with E-state index in [0.29, 0.717) is 6.04 Å². The van der Waals surface area contributed by atoms with Crippen molar-refractivity contribution in [1.82, 2.24) is 5.32 Å². The summed E-state index contributed by atoms with van der Waals surface area (Å²) >= 11 is 0. The predicted octanol–water partition coefficient (Wildman–Crippen LogP) is 3.96. The summed E-state index contributed by atoms with van der Waals surface area (Å²) in [6, 6.07) is 15.5. The van der Waals surface area contributed by atoms with Gasteiger partial charge in [-0.1, -0.05) is 30.3 Å². The summed E-state index contributed by atoms with van der Waals surface area (Å²) < 4.78 is 5.48. The molecular formula is C18H21NO. The average Bonchev–Trinajstić information content (AvgIpc) is 2.53. The summed E-state index contributed by atoms with van der Waals surface area (Å²) in [5, 5.41) is 3.44. The van der Waals surface area contributed by atoms with E-state index in [-0.39, 0.29) is 0 Å². The fourth-order valence-corrected chi connectivity index (χ4v) is 3.15. The molecule has 2 aromatic rings. The van der Waals surface area contributed by atoms with Crippen LogP contribution in [-0.4, -0.2) is 14.2 Å². The number of fused-ring (bicyclic) bond motifs is 1. The van der Waals surface area contributed by atoms with Crippen LogP contribution < -0.4 is 10.1 Å². The molecule has 0 aromatic heterocycles. The number of hydrogen-bond acceptors (Lipinski definition) is 2. The number of nitrogens with one attached hydrogen (secondary N) is 1. The molecule has 0 radical (unpaired) electrons. The maximum Gasteiger partial charge on any atom is 0.126 e. The van der Waals surface area contributed by atoms with Crippen LogP contribution in [0.5, 0.6) is 5.75 Å². The van der Waals surface area contributed by atoms with Crippen molar-refractivity contribution in [1.29, 1.82) is 0 Å². The molecule has 2 nitrogen and oxygen atoms in total. The zero-order valence-electron chi connectivity index (χ0n) is 12.1. The summed E-state index contributed by atoms with van der Waals surface area (Å²) in [6.45, 7) is 0. The van der Waals surface area contributed by atoms with Crippen LogP contribution in [0.1, 0.15) is 30.0 Å². The molecule has 0 saturated carbocycles. The fourth-order valence-electron chi connectivity index (χ4n) is 3.15. The normalized spacial score (nSPS) is 17.6. The molecule has 0 saturated heterocycles. The molecule has 3 rings (SSSR count). The number of benzene rings is 2. The van der Waals surface area contributed by atoms with Crippen LogP contribution in [0.25, 0.3) is 11.1 Å². The largest absolute Gasteiger partial charge is 0.496 e. The number of ether oxygens (including phenoxy) is 1. The van der Waals surface area contributed by atoms with Crippen LogP contribution in [0.2, 0.25) is 0 Å². The lowest BCUT2D eigenvalue weighted by molar-refractivity contribution is 0.416. The second-order valence-electron chi connectivity index (χ2n) is 5.35. The Kier molecular flexibility index (Phi) is 3.75. The minimum Gasteiger partial charge on any atom is -0.496 e. The zero-order chi connectivity index (χ0) is 13.9. The summed E-state index contributed by atoms with van der Waals surface area (Å²) in [5.41, 5.74) is 5.33. The van der Waals surface area contributed by atoms with Gasteiger partial charge in [0.1, 0.15) is 5.75 Å². The Bertz CT molecular complexity index is 606. The Morgan fingerprint density at radius 1 is 1.15 bits per heavy atom. The first kappa shape index (κ1) is 13.2.